The number of aromatic nitrogens is 1. The lowest BCUT2D eigenvalue weighted by molar-refractivity contribution is 0.288. The first-order valence-electron chi connectivity index (χ1n) is 3.62. The van der Waals surface area contributed by atoms with E-state index in [0.29, 0.717) is 6.42 Å². The molecule has 3 heteroatoms. The van der Waals surface area contributed by atoms with E-state index in [2.05, 4.69) is 4.98 Å². The van der Waals surface area contributed by atoms with Gasteiger partial charge in [0, 0.05) is 18.4 Å². The standard InChI is InChI=1S/C8H11NO2/c10-6-2-4-7-3-1-5-8(11)9-7/h1,3,5,10H,2,4,6H2,(H,9,11). The summed E-state index contributed by atoms with van der Waals surface area (Å²) in [6.45, 7) is 0.164. The van der Waals surface area contributed by atoms with E-state index in [9.17, 15) is 4.79 Å². The second-order valence-electron chi connectivity index (χ2n) is 2.37. The summed E-state index contributed by atoms with van der Waals surface area (Å²) in [5.41, 5.74) is 0.798. The molecule has 0 saturated heterocycles. The molecule has 60 valence electrons. The van der Waals surface area contributed by atoms with Crippen LogP contribution < -0.4 is 5.56 Å². The molecular formula is C8H11NO2. The van der Waals surface area contributed by atoms with E-state index in [-0.39, 0.29) is 12.2 Å². The van der Waals surface area contributed by atoms with Crippen LogP contribution in [0.4, 0.5) is 0 Å². The number of hydrogen-bond acceptors (Lipinski definition) is 2. The molecule has 0 bridgehead atoms. The first kappa shape index (κ1) is 8.01. The molecule has 0 radical (unpaired) electrons. The third kappa shape index (κ3) is 2.55. The quantitative estimate of drug-likeness (QED) is 0.656. The van der Waals surface area contributed by atoms with Crippen molar-refractivity contribution in [3.8, 4) is 0 Å². The summed E-state index contributed by atoms with van der Waals surface area (Å²) < 4.78 is 0. The van der Waals surface area contributed by atoms with Gasteiger partial charge in [-0.05, 0) is 18.9 Å². The van der Waals surface area contributed by atoms with Gasteiger partial charge in [0.05, 0.1) is 0 Å². The molecule has 3 nitrogen and oxygen atoms in total. The molecule has 0 unspecified atom stereocenters. The van der Waals surface area contributed by atoms with E-state index >= 15 is 0 Å². The lowest BCUT2D eigenvalue weighted by Crippen LogP contribution is -2.06. The van der Waals surface area contributed by atoms with Crippen molar-refractivity contribution in [3.05, 3.63) is 34.2 Å². The van der Waals surface area contributed by atoms with Gasteiger partial charge < -0.3 is 10.1 Å². The van der Waals surface area contributed by atoms with Crippen LogP contribution in [0, 0.1) is 0 Å². The van der Waals surface area contributed by atoms with E-state index in [0.717, 1.165) is 12.1 Å². The van der Waals surface area contributed by atoms with Gasteiger partial charge in [-0.15, -0.1) is 0 Å². The number of aromatic amines is 1. The fourth-order valence-electron chi connectivity index (χ4n) is 0.909. The molecule has 0 aliphatic heterocycles. The van der Waals surface area contributed by atoms with Crippen LogP contribution in [0.15, 0.2) is 23.0 Å². The Kier molecular flexibility index (Phi) is 2.86. The van der Waals surface area contributed by atoms with Crippen molar-refractivity contribution in [3.63, 3.8) is 0 Å². The Morgan fingerprint density at radius 3 is 2.91 bits per heavy atom. The Balaban J connectivity index is 2.64. The molecule has 0 aliphatic carbocycles. The smallest absolute Gasteiger partial charge is 0.248 e. The van der Waals surface area contributed by atoms with Crippen LogP contribution in [0.3, 0.4) is 0 Å². The van der Waals surface area contributed by atoms with Crippen LogP contribution >= 0.6 is 0 Å². The van der Waals surface area contributed by atoms with Gasteiger partial charge in [0.15, 0.2) is 0 Å². The lowest BCUT2D eigenvalue weighted by atomic mass is 10.2. The Morgan fingerprint density at radius 2 is 2.27 bits per heavy atom. The number of rotatable bonds is 3. The highest BCUT2D eigenvalue weighted by Crippen LogP contribution is 1.94. The highest BCUT2D eigenvalue weighted by molar-refractivity contribution is 5.03. The number of pyridine rings is 1. The van der Waals surface area contributed by atoms with Gasteiger partial charge in [-0.1, -0.05) is 6.07 Å². The van der Waals surface area contributed by atoms with Crippen molar-refractivity contribution in [1.29, 1.82) is 0 Å². The first-order chi connectivity index (χ1) is 5.33. The van der Waals surface area contributed by atoms with Crippen molar-refractivity contribution in [2.24, 2.45) is 0 Å². The fraction of sp³-hybridized carbons (Fsp3) is 0.375. The first-order valence-corrected chi connectivity index (χ1v) is 3.62. The normalized spacial score (nSPS) is 9.91. The van der Waals surface area contributed by atoms with Gasteiger partial charge in [-0.3, -0.25) is 4.79 Å². The lowest BCUT2D eigenvalue weighted by Gasteiger charge is -1.96. The van der Waals surface area contributed by atoms with Crippen LogP contribution in [0.2, 0.25) is 0 Å². The number of aliphatic hydroxyl groups excluding tert-OH is 1. The predicted octanol–water partition coefficient (Wildman–Crippen LogP) is 0.300. The molecule has 1 heterocycles. The number of aryl methyl sites for hydroxylation is 1. The van der Waals surface area contributed by atoms with Crippen LogP contribution in [-0.4, -0.2) is 16.7 Å². The molecule has 1 rings (SSSR count). The van der Waals surface area contributed by atoms with Crippen molar-refractivity contribution >= 4 is 0 Å². The third-order valence-corrected chi connectivity index (χ3v) is 1.43. The zero-order chi connectivity index (χ0) is 8.10. The molecule has 2 N–H and O–H groups in total. The highest BCUT2D eigenvalue weighted by atomic mass is 16.2. The fourth-order valence-corrected chi connectivity index (χ4v) is 0.909. The minimum atomic E-state index is -0.0829. The summed E-state index contributed by atoms with van der Waals surface area (Å²) >= 11 is 0. The molecule has 0 amide bonds. The Bertz CT molecular complexity index is 267. The van der Waals surface area contributed by atoms with Gasteiger partial charge in [0.2, 0.25) is 5.56 Å². The topological polar surface area (TPSA) is 53.1 Å². The zero-order valence-corrected chi connectivity index (χ0v) is 6.21. The summed E-state index contributed by atoms with van der Waals surface area (Å²) in [4.78, 5) is 13.4. The van der Waals surface area contributed by atoms with Gasteiger partial charge >= 0.3 is 0 Å². The number of H-pyrrole nitrogens is 1. The van der Waals surface area contributed by atoms with Crippen molar-refractivity contribution in [2.75, 3.05) is 6.61 Å². The van der Waals surface area contributed by atoms with Gasteiger partial charge in [-0.25, -0.2) is 0 Å². The second-order valence-corrected chi connectivity index (χ2v) is 2.37. The molecule has 1 aromatic heterocycles. The summed E-state index contributed by atoms with van der Waals surface area (Å²) in [6.07, 6.45) is 1.42. The number of nitrogens with one attached hydrogen (secondary N) is 1. The zero-order valence-electron chi connectivity index (χ0n) is 6.21. The van der Waals surface area contributed by atoms with Gasteiger partial charge in [-0.2, -0.15) is 0 Å². The van der Waals surface area contributed by atoms with E-state index in [1.54, 1.807) is 6.07 Å². The maximum absolute atomic E-state index is 10.7. The van der Waals surface area contributed by atoms with Crippen LogP contribution in [-0.2, 0) is 6.42 Å². The van der Waals surface area contributed by atoms with Crippen molar-refractivity contribution < 1.29 is 5.11 Å². The molecule has 0 aliphatic rings. The maximum Gasteiger partial charge on any atom is 0.248 e. The summed E-state index contributed by atoms with van der Waals surface area (Å²) in [5, 5.41) is 8.50. The minimum Gasteiger partial charge on any atom is -0.396 e. The number of aliphatic hydroxyl groups is 1. The van der Waals surface area contributed by atoms with Gasteiger partial charge in [0.1, 0.15) is 0 Å². The molecule has 0 spiro atoms. The Hall–Kier alpha value is -1.09. The Morgan fingerprint density at radius 1 is 1.45 bits per heavy atom. The average Bonchev–Trinajstić information content (AvgIpc) is 2.01. The molecule has 0 saturated carbocycles. The van der Waals surface area contributed by atoms with Crippen molar-refractivity contribution in [1.82, 2.24) is 4.98 Å². The van der Waals surface area contributed by atoms with Crippen LogP contribution in [0.25, 0.3) is 0 Å². The Labute approximate surface area is 64.7 Å². The number of hydrogen-bond donors (Lipinski definition) is 2. The SMILES string of the molecule is O=c1cccc(CCCO)[nH]1. The van der Waals surface area contributed by atoms with Gasteiger partial charge in [0.25, 0.3) is 0 Å². The van der Waals surface area contributed by atoms with Crippen LogP contribution in [0.5, 0.6) is 0 Å². The molecular weight excluding hydrogens is 142 g/mol. The van der Waals surface area contributed by atoms with Crippen molar-refractivity contribution in [2.45, 2.75) is 12.8 Å². The monoisotopic (exact) mass is 153 g/mol. The highest BCUT2D eigenvalue weighted by Gasteiger charge is 1.91. The average molecular weight is 153 g/mol. The molecule has 1 aromatic rings. The summed E-state index contributed by atoms with van der Waals surface area (Å²) in [5.74, 6) is 0. The van der Waals surface area contributed by atoms with E-state index in [1.807, 2.05) is 6.07 Å². The second kappa shape index (κ2) is 3.93. The molecule has 11 heavy (non-hydrogen) atoms. The molecule has 0 fully saturated rings. The third-order valence-electron chi connectivity index (χ3n) is 1.43. The largest absolute Gasteiger partial charge is 0.396 e. The summed E-state index contributed by atoms with van der Waals surface area (Å²) in [6, 6.07) is 5.03. The van der Waals surface area contributed by atoms with E-state index in [1.165, 1.54) is 6.07 Å². The maximum atomic E-state index is 10.7. The molecule has 0 atom stereocenters. The summed E-state index contributed by atoms with van der Waals surface area (Å²) in [7, 11) is 0. The minimum absolute atomic E-state index is 0.0829. The molecule has 0 aromatic carbocycles. The van der Waals surface area contributed by atoms with E-state index in [4.69, 9.17) is 5.11 Å². The van der Waals surface area contributed by atoms with E-state index < -0.39 is 0 Å². The predicted molar refractivity (Wildman–Crippen MR) is 42.5 cm³/mol. The van der Waals surface area contributed by atoms with Crippen LogP contribution in [0.1, 0.15) is 12.1 Å².